The van der Waals surface area contributed by atoms with E-state index in [1.54, 1.807) is 6.33 Å². The summed E-state index contributed by atoms with van der Waals surface area (Å²) in [5.74, 6) is 0. The molecule has 3 heteroatoms. The highest BCUT2D eigenvalue weighted by molar-refractivity contribution is 4.49. The second-order valence-corrected chi connectivity index (χ2v) is 3.08. The minimum absolute atomic E-state index is 0.146. The maximum absolute atomic E-state index is 3.83. The fraction of sp³-hybridized carbons (Fsp3) is 0.667. The normalized spacial score (nSPS) is 11.9. The zero-order chi connectivity index (χ0) is 6.91. The number of nitrogens with one attached hydrogen (secondary N) is 1. The summed E-state index contributed by atoms with van der Waals surface area (Å²) in [5.41, 5.74) is 0.146. The van der Waals surface area contributed by atoms with Crippen LogP contribution >= 0.6 is 0 Å². The highest BCUT2D eigenvalue weighted by Gasteiger charge is 2.16. The van der Waals surface area contributed by atoms with Crippen molar-refractivity contribution < 1.29 is 4.57 Å². The van der Waals surface area contributed by atoms with E-state index in [9.17, 15) is 0 Å². The summed E-state index contributed by atoms with van der Waals surface area (Å²) in [4.78, 5) is 0. The molecule has 0 bridgehead atoms. The van der Waals surface area contributed by atoms with Crippen molar-refractivity contribution in [2.45, 2.75) is 26.3 Å². The van der Waals surface area contributed by atoms with Crippen molar-refractivity contribution in [2.24, 2.45) is 0 Å². The van der Waals surface area contributed by atoms with Crippen molar-refractivity contribution in [1.82, 2.24) is 10.2 Å². The average molecular weight is 126 g/mol. The van der Waals surface area contributed by atoms with Crippen LogP contribution < -0.4 is 4.57 Å². The monoisotopic (exact) mass is 126 g/mol. The van der Waals surface area contributed by atoms with Gasteiger partial charge in [-0.2, -0.15) is 0 Å². The van der Waals surface area contributed by atoms with Crippen LogP contribution in [0.15, 0.2) is 12.7 Å². The van der Waals surface area contributed by atoms with Gasteiger partial charge in [0.25, 0.3) is 6.33 Å². The lowest BCUT2D eigenvalue weighted by Crippen LogP contribution is -2.48. The molecule has 0 aliphatic carbocycles. The van der Waals surface area contributed by atoms with Gasteiger partial charge in [-0.1, -0.05) is 0 Å². The van der Waals surface area contributed by atoms with Gasteiger partial charge in [-0.25, -0.2) is 4.57 Å². The Bertz CT molecular complexity index is 171. The lowest BCUT2D eigenvalue weighted by Gasteiger charge is -2.13. The van der Waals surface area contributed by atoms with Crippen molar-refractivity contribution >= 4 is 0 Å². The molecule has 9 heavy (non-hydrogen) atoms. The zero-order valence-electron chi connectivity index (χ0n) is 6.05. The molecule has 50 valence electrons. The van der Waals surface area contributed by atoms with E-state index in [0.29, 0.717) is 0 Å². The van der Waals surface area contributed by atoms with Crippen molar-refractivity contribution in [3.63, 3.8) is 0 Å². The van der Waals surface area contributed by atoms with Gasteiger partial charge in [0.1, 0.15) is 0 Å². The molecule has 0 amide bonds. The van der Waals surface area contributed by atoms with Crippen LogP contribution in [0.5, 0.6) is 0 Å². The molecule has 0 radical (unpaired) electrons. The van der Waals surface area contributed by atoms with Crippen molar-refractivity contribution in [1.29, 1.82) is 0 Å². The molecule has 0 saturated heterocycles. The Balaban J connectivity index is 2.90. The van der Waals surface area contributed by atoms with Crippen LogP contribution in [0.3, 0.4) is 0 Å². The van der Waals surface area contributed by atoms with E-state index in [-0.39, 0.29) is 5.54 Å². The predicted octanol–water partition coefficient (Wildman–Crippen LogP) is 0.452. The van der Waals surface area contributed by atoms with Crippen molar-refractivity contribution in [2.75, 3.05) is 0 Å². The summed E-state index contributed by atoms with van der Waals surface area (Å²) in [7, 11) is 0. The second-order valence-electron chi connectivity index (χ2n) is 3.08. The topological polar surface area (TPSA) is 32.6 Å². The van der Waals surface area contributed by atoms with E-state index in [0.717, 1.165) is 0 Å². The number of aromatic nitrogens is 3. The number of rotatable bonds is 0. The summed E-state index contributed by atoms with van der Waals surface area (Å²) in [6, 6.07) is 0. The third kappa shape index (κ3) is 1.28. The number of nitrogens with zero attached hydrogens (tertiary/aromatic N) is 2. The third-order valence-corrected chi connectivity index (χ3v) is 1.23. The fourth-order valence-electron chi connectivity index (χ4n) is 0.591. The first-order valence-corrected chi connectivity index (χ1v) is 3.01. The van der Waals surface area contributed by atoms with Gasteiger partial charge < -0.3 is 0 Å². The first-order valence-electron chi connectivity index (χ1n) is 3.01. The van der Waals surface area contributed by atoms with Crippen LogP contribution in [-0.2, 0) is 5.54 Å². The molecule has 1 N–H and O–H groups in total. The zero-order valence-corrected chi connectivity index (χ0v) is 6.05. The predicted molar refractivity (Wildman–Crippen MR) is 33.8 cm³/mol. The van der Waals surface area contributed by atoms with Crippen molar-refractivity contribution in [3.05, 3.63) is 12.7 Å². The first-order chi connectivity index (χ1) is 4.11. The minimum Gasteiger partial charge on any atom is -0.233 e. The molecule has 1 rings (SSSR count). The smallest absolute Gasteiger partial charge is 0.233 e. The van der Waals surface area contributed by atoms with E-state index in [1.165, 1.54) is 0 Å². The molecule has 0 fully saturated rings. The molecule has 0 spiro atoms. The van der Waals surface area contributed by atoms with Gasteiger partial charge in [-0.05, 0) is 20.8 Å². The second kappa shape index (κ2) is 1.83. The molecular formula is C6H12N3+. The molecule has 0 aromatic carbocycles. The number of aromatic amines is 1. The van der Waals surface area contributed by atoms with Crippen LogP contribution in [0.1, 0.15) is 20.8 Å². The van der Waals surface area contributed by atoms with Gasteiger partial charge >= 0.3 is 0 Å². The van der Waals surface area contributed by atoms with E-state index in [4.69, 9.17) is 0 Å². The number of hydrogen-bond donors (Lipinski definition) is 1. The first kappa shape index (κ1) is 6.26. The molecule has 0 unspecified atom stereocenters. The van der Waals surface area contributed by atoms with Crippen molar-refractivity contribution in [3.8, 4) is 0 Å². The summed E-state index contributed by atoms with van der Waals surface area (Å²) < 4.78 is 2.02. The maximum atomic E-state index is 3.83. The molecule has 0 saturated carbocycles. The Kier molecular flexibility index (Phi) is 1.27. The Morgan fingerprint density at radius 2 is 2.11 bits per heavy atom. The maximum Gasteiger partial charge on any atom is 0.265 e. The molecule has 0 atom stereocenters. The van der Waals surface area contributed by atoms with Gasteiger partial charge in [0.05, 0.1) is 5.54 Å². The lowest BCUT2D eigenvalue weighted by molar-refractivity contribution is -0.754. The van der Waals surface area contributed by atoms with Gasteiger partial charge in [0.15, 0.2) is 0 Å². The summed E-state index contributed by atoms with van der Waals surface area (Å²) in [6.45, 7) is 6.38. The summed E-state index contributed by atoms with van der Waals surface area (Å²) >= 11 is 0. The van der Waals surface area contributed by atoms with Crippen LogP contribution in [0.2, 0.25) is 0 Å². The quantitative estimate of drug-likeness (QED) is 0.503. The van der Waals surface area contributed by atoms with Crippen LogP contribution in [0, 0.1) is 0 Å². The Morgan fingerprint density at radius 3 is 2.33 bits per heavy atom. The van der Waals surface area contributed by atoms with E-state index >= 15 is 0 Å². The SMILES string of the molecule is CC(C)(C)[n+]1cn[nH]c1. The largest absolute Gasteiger partial charge is 0.265 e. The van der Waals surface area contributed by atoms with Gasteiger partial charge in [-0.3, -0.25) is 0 Å². The fourth-order valence-corrected chi connectivity index (χ4v) is 0.591. The molecular weight excluding hydrogens is 114 g/mol. The Labute approximate surface area is 54.7 Å². The highest BCUT2D eigenvalue weighted by Crippen LogP contribution is 2.00. The molecule has 1 aromatic rings. The Hall–Kier alpha value is -0.860. The summed E-state index contributed by atoms with van der Waals surface area (Å²) in [5, 5.41) is 6.58. The molecule has 1 heterocycles. The minimum atomic E-state index is 0.146. The highest BCUT2D eigenvalue weighted by atomic mass is 15.2. The standard InChI is InChI=1S/C6H11N3/c1-6(2,3)9-4-7-8-5-9/h4-5H,1-3H3/p+1. The van der Waals surface area contributed by atoms with Crippen LogP contribution in [-0.4, -0.2) is 10.2 Å². The molecule has 3 nitrogen and oxygen atoms in total. The summed E-state index contributed by atoms with van der Waals surface area (Å²) in [6.07, 6.45) is 3.62. The number of H-pyrrole nitrogens is 1. The lowest BCUT2D eigenvalue weighted by atomic mass is 10.1. The van der Waals surface area contributed by atoms with Crippen LogP contribution in [0.25, 0.3) is 0 Å². The average Bonchev–Trinajstić information content (AvgIpc) is 2.08. The van der Waals surface area contributed by atoms with E-state index in [2.05, 4.69) is 31.0 Å². The van der Waals surface area contributed by atoms with Gasteiger partial charge in [0.2, 0.25) is 6.33 Å². The van der Waals surface area contributed by atoms with Gasteiger partial charge in [-0.15, -0.1) is 5.10 Å². The Morgan fingerprint density at radius 1 is 1.44 bits per heavy atom. The third-order valence-electron chi connectivity index (χ3n) is 1.23. The van der Waals surface area contributed by atoms with E-state index in [1.807, 2.05) is 10.9 Å². The molecule has 1 aromatic heterocycles. The number of hydrogen-bond acceptors (Lipinski definition) is 1. The van der Waals surface area contributed by atoms with Gasteiger partial charge in [0, 0.05) is 5.10 Å². The molecule has 0 aliphatic heterocycles. The van der Waals surface area contributed by atoms with E-state index < -0.39 is 0 Å². The van der Waals surface area contributed by atoms with Crippen LogP contribution in [0.4, 0.5) is 0 Å². The molecule has 0 aliphatic rings.